The Morgan fingerprint density at radius 1 is 1.09 bits per heavy atom. The van der Waals surface area contributed by atoms with Crippen LogP contribution in [0, 0.1) is 5.92 Å². The summed E-state index contributed by atoms with van der Waals surface area (Å²) in [5, 5.41) is 5.59. The first kappa shape index (κ1) is 28.6. The number of nitrogens with two attached hydrogens (primary N) is 1. The van der Waals surface area contributed by atoms with Gasteiger partial charge in [0, 0.05) is 12.7 Å². The number of carbonyl (C=O) groups excluding carboxylic acids is 2. The van der Waals surface area contributed by atoms with Crippen molar-refractivity contribution < 1.29 is 18.0 Å². The number of benzene rings is 1. The van der Waals surface area contributed by atoms with Crippen molar-refractivity contribution in [1.29, 1.82) is 0 Å². The van der Waals surface area contributed by atoms with E-state index in [-0.39, 0.29) is 24.1 Å². The minimum atomic E-state index is -3.79. The van der Waals surface area contributed by atoms with E-state index in [9.17, 15) is 18.0 Å². The zero-order valence-electron chi connectivity index (χ0n) is 20.4. The van der Waals surface area contributed by atoms with Crippen LogP contribution in [0.2, 0.25) is 0 Å². The molecule has 1 aromatic heterocycles. The summed E-state index contributed by atoms with van der Waals surface area (Å²) in [6.45, 7) is 3.92. The van der Waals surface area contributed by atoms with E-state index in [1.807, 2.05) is 19.2 Å². The smallest absolute Gasteiger partial charge is 0.242 e. The van der Waals surface area contributed by atoms with Crippen LogP contribution in [-0.2, 0) is 31.9 Å². The van der Waals surface area contributed by atoms with E-state index < -0.39 is 28.0 Å². The van der Waals surface area contributed by atoms with E-state index in [2.05, 4.69) is 20.3 Å². The molecule has 3 atom stereocenters. The van der Waals surface area contributed by atoms with Gasteiger partial charge in [-0.1, -0.05) is 56.7 Å². The lowest BCUT2D eigenvalue weighted by Gasteiger charge is -2.26. The molecule has 192 valence electrons. The number of carbonyl (C=O) groups is 2. The molecule has 2 rings (SSSR count). The average Bonchev–Trinajstić information content (AvgIpc) is 2.84. The van der Waals surface area contributed by atoms with E-state index in [0.717, 1.165) is 5.56 Å². The van der Waals surface area contributed by atoms with Gasteiger partial charge in [-0.15, -0.1) is 0 Å². The molecule has 2 amide bonds. The number of aromatic nitrogens is 1. The average molecular weight is 522 g/mol. The topological polar surface area (TPSA) is 143 Å². The SMILES string of the molecule is CCC(C)[C@@H](NS(=O)(=O)Cc1ccccc1)C(=O)N[C@@H](CCSC)C(=O)NCc1ccc(N)nc1. The molecule has 0 aliphatic rings. The third-order valence-corrected chi connectivity index (χ3v) is 7.53. The number of nitrogens with zero attached hydrogens (tertiary/aromatic N) is 1. The van der Waals surface area contributed by atoms with Gasteiger partial charge in [0.2, 0.25) is 21.8 Å². The van der Waals surface area contributed by atoms with Gasteiger partial charge >= 0.3 is 0 Å². The third kappa shape index (κ3) is 9.87. The standard InChI is InChI=1S/C24H35N5O4S2/c1-4-17(2)22(29-35(32,33)16-18-8-6-5-7-9-18)24(31)28-20(12-13-34-3)23(30)27-15-19-10-11-21(25)26-14-19/h5-11,14,17,20,22,29H,4,12-13,15-16H2,1-3H3,(H2,25,26)(H,27,30)(H,28,31)/t17?,20-,22+/m0/s1. The molecular weight excluding hydrogens is 486 g/mol. The highest BCUT2D eigenvalue weighted by Crippen LogP contribution is 2.13. The fraction of sp³-hybridized carbons (Fsp3) is 0.458. The maximum absolute atomic E-state index is 13.2. The van der Waals surface area contributed by atoms with Crippen molar-refractivity contribution >= 4 is 39.4 Å². The number of nitrogen functional groups attached to an aromatic ring is 1. The molecule has 11 heteroatoms. The summed E-state index contributed by atoms with van der Waals surface area (Å²) in [5.41, 5.74) is 6.99. The summed E-state index contributed by atoms with van der Waals surface area (Å²) in [6, 6.07) is 10.4. The van der Waals surface area contributed by atoms with E-state index in [1.165, 1.54) is 0 Å². The normalized spacial score (nSPS) is 14.0. The number of hydrogen-bond donors (Lipinski definition) is 4. The van der Waals surface area contributed by atoms with Crippen LogP contribution in [0.15, 0.2) is 48.7 Å². The molecule has 0 saturated heterocycles. The molecule has 0 saturated carbocycles. The summed E-state index contributed by atoms with van der Waals surface area (Å²) in [5.74, 6) is -0.345. The summed E-state index contributed by atoms with van der Waals surface area (Å²) < 4.78 is 28.2. The van der Waals surface area contributed by atoms with Crippen molar-refractivity contribution in [1.82, 2.24) is 20.3 Å². The molecule has 0 aliphatic heterocycles. The van der Waals surface area contributed by atoms with Crippen molar-refractivity contribution in [2.24, 2.45) is 5.92 Å². The molecule has 0 aliphatic carbocycles. The first-order chi connectivity index (χ1) is 16.6. The fourth-order valence-corrected chi connectivity index (χ4v) is 5.22. The summed E-state index contributed by atoms with van der Waals surface area (Å²) >= 11 is 1.55. The van der Waals surface area contributed by atoms with Crippen LogP contribution in [0.1, 0.15) is 37.8 Å². The van der Waals surface area contributed by atoms with Gasteiger partial charge in [0.15, 0.2) is 0 Å². The Morgan fingerprint density at radius 2 is 1.80 bits per heavy atom. The number of nitrogens with one attached hydrogen (secondary N) is 3. The maximum Gasteiger partial charge on any atom is 0.242 e. The lowest BCUT2D eigenvalue weighted by Crippen LogP contribution is -2.55. The van der Waals surface area contributed by atoms with Crippen molar-refractivity contribution in [3.8, 4) is 0 Å². The largest absolute Gasteiger partial charge is 0.384 e. The minimum absolute atomic E-state index is 0.232. The van der Waals surface area contributed by atoms with Crippen LogP contribution in [0.5, 0.6) is 0 Å². The van der Waals surface area contributed by atoms with Gasteiger partial charge in [0.05, 0.1) is 5.75 Å². The van der Waals surface area contributed by atoms with E-state index in [1.54, 1.807) is 61.3 Å². The van der Waals surface area contributed by atoms with Crippen molar-refractivity contribution in [3.05, 3.63) is 59.8 Å². The lowest BCUT2D eigenvalue weighted by molar-refractivity contribution is -0.130. The quantitative estimate of drug-likeness (QED) is 0.298. The second-order valence-electron chi connectivity index (χ2n) is 8.38. The first-order valence-electron chi connectivity index (χ1n) is 11.5. The number of hydrogen-bond acceptors (Lipinski definition) is 7. The Bertz CT molecular complexity index is 1050. The molecule has 9 nitrogen and oxygen atoms in total. The molecule has 0 bridgehead atoms. The van der Waals surface area contributed by atoms with Crippen LogP contribution in [0.3, 0.4) is 0 Å². The van der Waals surface area contributed by atoms with Crippen molar-refractivity contribution in [2.75, 3.05) is 17.7 Å². The van der Waals surface area contributed by atoms with Crippen LogP contribution in [0.25, 0.3) is 0 Å². The number of thioether (sulfide) groups is 1. The molecule has 2 aromatic rings. The molecule has 1 aromatic carbocycles. The highest BCUT2D eigenvalue weighted by atomic mass is 32.2. The zero-order chi connectivity index (χ0) is 25.8. The lowest BCUT2D eigenvalue weighted by atomic mass is 9.99. The van der Waals surface area contributed by atoms with Gasteiger partial charge in [-0.3, -0.25) is 9.59 Å². The Hall–Kier alpha value is -2.63. The monoisotopic (exact) mass is 521 g/mol. The van der Waals surface area contributed by atoms with Gasteiger partial charge in [0.1, 0.15) is 17.9 Å². The molecule has 0 fully saturated rings. The Morgan fingerprint density at radius 3 is 2.40 bits per heavy atom. The third-order valence-electron chi connectivity index (χ3n) is 5.56. The van der Waals surface area contributed by atoms with Gasteiger partial charge in [-0.25, -0.2) is 18.1 Å². The summed E-state index contributed by atoms with van der Waals surface area (Å²) in [7, 11) is -3.79. The molecule has 1 unspecified atom stereocenters. The van der Waals surface area contributed by atoms with E-state index in [4.69, 9.17) is 5.73 Å². The number of rotatable bonds is 14. The fourth-order valence-electron chi connectivity index (χ4n) is 3.31. The molecule has 0 spiro atoms. The molecule has 1 heterocycles. The van der Waals surface area contributed by atoms with Crippen LogP contribution >= 0.6 is 11.8 Å². The molecule has 0 radical (unpaired) electrons. The highest BCUT2D eigenvalue weighted by molar-refractivity contribution is 7.98. The Kier molecular flexibility index (Phi) is 11.5. The molecule has 35 heavy (non-hydrogen) atoms. The predicted octanol–water partition coefficient (Wildman–Crippen LogP) is 2.05. The minimum Gasteiger partial charge on any atom is -0.384 e. The van der Waals surface area contributed by atoms with Crippen LogP contribution in [0.4, 0.5) is 5.82 Å². The second kappa shape index (κ2) is 14.1. The van der Waals surface area contributed by atoms with Crippen molar-refractivity contribution in [2.45, 2.75) is 51.1 Å². The van der Waals surface area contributed by atoms with Gasteiger partial charge in [-0.05, 0) is 41.5 Å². The predicted molar refractivity (Wildman–Crippen MR) is 141 cm³/mol. The molecular formula is C24H35N5O4S2. The Balaban J connectivity index is 2.10. The van der Waals surface area contributed by atoms with Crippen LogP contribution in [-0.4, -0.2) is 49.3 Å². The second-order valence-corrected chi connectivity index (χ2v) is 11.1. The maximum atomic E-state index is 13.2. The number of anilines is 1. The van der Waals surface area contributed by atoms with Crippen LogP contribution < -0.4 is 21.1 Å². The number of amides is 2. The van der Waals surface area contributed by atoms with Gasteiger partial charge in [-0.2, -0.15) is 11.8 Å². The number of pyridine rings is 1. The first-order valence-corrected chi connectivity index (χ1v) is 14.5. The molecule has 5 N–H and O–H groups in total. The van der Waals surface area contributed by atoms with E-state index >= 15 is 0 Å². The van der Waals surface area contributed by atoms with Gasteiger partial charge < -0.3 is 16.4 Å². The summed E-state index contributed by atoms with van der Waals surface area (Å²) in [4.78, 5) is 30.1. The summed E-state index contributed by atoms with van der Waals surface area (Å²) in [6.07, 6.45) is 4.47. The highest BCUT2D eigenvalue weighted by Gasteiger charge is 2.31. The van der Waals surface area contributed by atoms with E-state index in [0.29, 0.717) is 30.0 Å². The van der Waals surface area contributed by atoms with Crippen molar-refractivity contribution in [3.63, 3.8) is 0 Å². The Labute approximate surface area is 212 Å². The zero-order valence-corrected chi connectivity index (χ0v) is 22.0. The number of sulfonamides is 1. The van der Waals surface area contributed by atoms with Gasteiger partial charge in [0.25, 0.3) is 0 Å².